The second kappa shape index (κ2) is 8.44. The van der Waals surface area contributed by atoms with Crippen molar-refractivity contribution in [2.75, 3.05) is 13.2 Å². The molecule has 0 radical (unpaired) electrons. The third-order valence-electron chi connectivity index (χ3n) is 5.52. The number of hydrogen-bond donors (Lipinski definition) is 1. The lowest BCUT2D eigenvalue weighted by atomic mass is 9.98. The van der Waals surface area contributed by atoms with E-state index in [0.29, 0.717) is 19.6 Å². The summed E-state index contributed by atoms with van der Waals surface area (Å²) >= 11 is 0. The number of ether oxygens (including phenoxy) is 1. The summed E-state index contributed by atoms with van der Waals surface area (Å²) in [5.74, 6) is 0.0701. The highest BCUT2D eigenvalue weighted by Gasteiger charge is 2.28. The van der Waals surface area contributed by atoms with Gasteiger partial charge >= 0.3 is 6.09 Å². The number of benzene rings is 2. The van der Waals surface area contributed by atoms with E-state index in [2.05, 4.69) is 39.7 Å². The highest BCUT2D eigenvalue weighted by molar-refractivity contribution is 5.79. The number of fused-ring (bicyclic) bond motifs is 4. The van der Waals surface area contributed by atoms with E-state index in [4.69, 9.17) is 4.74 Å². The van der Waals surface area contributed by atoms with E-state index < -0.39 is 6.09 Å². The molecule has 2 aromatic heterocycles. The minimum absolute atomic E-state index is 0.0701. The molecule has 1 aliphatic carbocycles. The Bertz CT molecular complexity index is 1220. The van der Waals surface area contributed by atoms with E-state index in [1.165, 1.54) is 22.3 Å². The average molecular weight is 410 g/mol. The quantitative estimate of drug-likeness (QED) is 0.469. The van der Waals surface area contributed by atoms with Gasteiger partial charge in [-0.25, -0.2) is 14.3 Å². The number of carbonyl (C=O) groups excluding carboxylic acids is 1. The van der Waals surface area contributed by atoms with E-state index in [1.807, 2.05) is 48.6 Å². The first-order chi connectivity index (χ1) is 15.3. The molecular formula is C25H22N4O2. The minimum atomic E-state index is -0.397. The number of alkyl carbamates (subject to hydrolysis) is 1. The number of nitrogens with zero attached hydrogens (tertiary/aromatic N) is 3. The fraction of sp³-hybridized carbons (Fsp3) is 0.160. The predicted octanol–water partition coefficient (Wildman–Crippen LogP) is 4.67. The number of aromatic nitrogens is 3. The molecule has 0 aliphatic heterocycles. The highest BCUT2D eigenvalue weighted by atomic mass is 16.5. The van der Waals surface area contributed by atoms with Crippen molar-refractivity contribution in [3.63, 3.8) is 0 Å². The minimum Gasteiger partial charge on any atom is -0.449 e. The molecule has 0 atom stereocenters. The zero-order valence-electron chi connectivity index (χ0n) is 16.9. The molecule has 2 heterocycles. The summed E-state index contributed by atoms with van der Waals surface area (Å²) in [7, 11) is 0. The molecule has 1 N–H and O–H groups in total. The van der Waals surface area contributed by atoms with Gasteiger partial charge in [-0.05, 0) is 46.9 Å². The van der Waals surface area contributed by atoms with E-state index in [9.17, 15) is 4.79 Å². The van der Waals surface area contributed by atoms with Crippen molar-refractivity contribution in [1.82, 2.24) is 19.9 Å². The van der Waals surface area contributed by atoms with Gasteiger partial charge in [0.2, 0.25) is 0 Å². The van der Waals surface area contributed by atoms with Crippen LogP contribution < -0.4 is 5.32 Å². The summed E-state index contributed by atoms with van der Waals surface area (Å²) < 4.78 is 7.32. The molecule has 0 bridgehead atoms. The van der Waals surface area contributed by atoms with E-state index in [1.54, 1.807) is 16.9 Å². The molecule has 6 nitrogen and oxygen atoms in total. The van der Waals surface area contributed by atoms with Crippen LogP contribution in [-0.4, -0.2) is 33.8 Å². The van der Waals surface area contributed by atoms with Crippen LogP contribution >= 0.6 is 0 Å². The van der Waals surface area contributed by atoms with Crippen LogP contribution in [0.3, 0.4) is 0 Å². The smallest absolute Gasteiger partial charge is 0.407 e. The van der Waals surface area contributed by atoms with Gasteiger partial charge in [-0.15, -0.1) is 0 Å². The van der Waals surface area contributed by atoms with Gasteiger partial charge < -0.3 is 10.1 Å². The largest absolute Gasteiger partial charge is 0.449 e. The van der Waals surface area contributed by atoms with Crippen molar-refractivity contribution in [3.05, 3.63) is 96.0 Å². The normalized spacial score (nSPS) is 12.8. The molecule has 6 heteroatoms. The van der Waals surface area contributed by atoms with Crippen LogP contribution in [0.5, 0.6) is 0 Å². The number of amides is 1. The van der Waals surface area contributed by atoms with E-state index >= 15 is 0 Å². The topological polar surface area (TPSA) is 68.5 Å². The van der Waals surface area contributed by atoms with E-state index in [0.717, 1.165) is 11.3 Å². The van der Waals surface area contributed by atoms with Crippen LogP contribution in [0.2, 0.25) is 0 Å². The third-order valence-corrected chi connectivity index (χ3v) is 5.52. The summed E-state index contributed by atoms with van der Waals surface area (Å²) in [6.45, 7) is 0.820. The van der Waals surface area contributed by atoms with Gasteiger partial charge in [0.25, 0.3) is 0 Å². The fourth-order valence-corrected chi connectivity index (χ4v) is 4.07. The Morgan fingerprint density at radius 3 is 2.55 bits per heavy atom. The van der Waals surface area contributed by atoms with E-state index in [-0.39, 0.29) is 5.92 Å². The summed E-state index contributed by atoms with van der Waals surface area (Å²) in [5, 5.41) is 7.10. The third kappa shape index (κ3) is 3.80. The maximum absolute atomic E-state index is 12.2. The number of rotatable bonds is 6. The Kier molecular flexibility index (Phi) is 5.19. The Morgan fingerprint density at radius 2 is 1.77 bits per heavy atom. The Morgan fingerprint density at radius 1 is 1.03 bits per heavy atom. The van der Waals surface area contributed by atoms with Gasteiger partial charge in [-0.2, -0.15) is 5.10 Å². The molecule has 0 unspecified atom stereocenters. The molecule has 154 valence electrons. The molecule has 2 aromatic carbocycles. The standard InChI is InChI=1S/C25H22N4O2/c30-25(26-14-6-5-8-18-16-27-24-13-7-15-28-29(18)24)31-17-23-21-11-3-1-9-19(21)20-10-2-4-12-22(20)23/h1-5,7-13,15-16,23H,6,14,17H2,(H,26,30). The number of carbonyl (C=O) groups is 1. The predicted molar refractivity (Wildman–Crippen MR) is 120 cm³/mol. The van der Waals surface area contributed by atoms with Crippen LogP contribution in [0, 0.1) is 0 Å². The zero-order valence-corrected chi connectivity index (χ0v) is 16.9. The van der Waals surface area contributed by atoms with Gasteiger partial charge in [-0.3, -0.25) is 0 Å². The van der Waals surface area contributed by atoms with Crippen molar-refractivity contribution in [1.29, 1.82) is 0 Å². The first kappa shape index (κ1) is 19.1. The number of imidazole rings is 1. The molecular weight excluding hydrogens is 388 g/mol. The summed E-state index contributed by atoms with van der Waals surface area (Å²) in [6.07, 6.45) is 7.73. The average Bonchev–Trinajstić information content (AvgIpc) is 3.37. The van der Waals surface area contributed by atoms with Crippen LogP contribution in [-0.2, 0) is 4.74 Å². The van der Waals surface area contributed by atoms with Crippen molar-refractivity contribution in [2.45, 2.75) is 12.3 Å². The van der Waals surface area contributed by atoms with Gasteiger partial charge in [0.05, 0.1) is 11.9 Å². The van der Waals surface area contributed by atoms with Crippen molar-refractivity contribution < 1.29 is 9.53 Å². The second-order valence-electron chi connectivity index (χ2n) is 7.42. The van der Waals surface area contributed by atoms with Crippen LogP contribution in [0.4, 0.5) is 4.79 Å². The van der Waals surface area contributed by atoms with Gasteiger partial charge in [-0.1, -0.05) is 54.6 Å². The van der Waals surface area contributed by atoms with Gasteiger partial charge in [0.15, 0.2) is 5.65 Å². The second-order valence-corrected chi connectivity index (χ2v) is 7.42. The maximum atomic E-state index is 12.2. The molecule has 31 heavy (non-hydrogen) atoms. The molecule has 0 spiro atoms. The summed E-state index contributed by atoms with van der Waals surface area (Å²) in [6, 6.07) is 20.4. The van der Waals surface area contributed by atoms with Gasteiger partial charge in [0.1, 0.15) is 6.61 Å². The molecule has 0 saturated carbocycles. The van der Waals surface area contributed by atoms with Crippen LogP contribution in [0.1, 0.15) is 29.2 Å². The molecule has 5 rings (SSSR count). The molecule has 0 saturated heterocycles. The zero-order chi connectivity index (χ0) is 21.0. The number of hydrogen-bond acceptors (Lipinski definition) is 4. The summed E-state index contributed by atoms with van der Waals surface area (Å²) in [5.41, 5.74) is 6.57. The first-order valence-corrected chi connectivity index (χ1v) is 10.4. The lowest BCUT2D eigenvalue weighted by Crippen LogP contribution is -2.26. The lowest BCUT2D eigenvalue weighted by molar-refractivity contribution is 0.143. The monoisotopic (exact) mass is 410 g/mol. The Labute approximate surface area is 180 Å². The molecule has 1 amide bonds. The van der Waals surface area contributed by atoms with Crippen molar-refractivity contribution >= 4 is 17.8 Å². The van der Waals surface area contributed by atoms with Gasteiger partial charge in [0, 0.05) is 18.7 Å². The summed E-state index contributed by atoms with van der Waals surface area (Å²) in [4.78, 5) is 16.5. The SMILES string of the molecule is O=C(NCCC=Cc1cnc2cccnn12)OCC1c2ccccc2-c2ccccc21. The highest BCUT2D eigenvalue weighted by Crippen LogP contribution is 2.44. The lowest BCUT2D eigenvalue weighted by Gasteiger charge is -2.14. The van der Waals surface area contributed by atoms with Crippen LogP contribution in [0.25, 0.3) is 22.9 Å². The molecule has 4 aromatic rings. The fourth-order valence-electron chi connectivity index (χ4n) is 4.07. The molecule has 0 fully saturated rings. The Hall–Kier alpha value is -3.93. The molecule has 1 aliphatic rings. The van der Waals surface area contributed by atoms with Crippen molar-refractivity contribution in [2.24, 2.45) is 0 Å². The Balaban J connectivity index is 1.13. The van der Waals surface area contributed by atoms with Crippen LogP contribution in [0.15, 0.2) is 79.1 Å². The first-order valence-electron chi connectivity index (χ1n) is 10.4. The van der Waals surface area contributed by atoms with Crippen molar-refractivity contribution in [3.8, 4) is 11.1 Å². The number of nitrogens with one attached hydrogen (secondary N) is 1. The maximum Gasteiger partial charge on any atom is 0.407 e.